The quantitative estimate of drug-likeness (QED) is 0.566. The standard InChI is InChI=1S/C23H28N6O2/c1-14-6-7-18(9-15(14)2)31-13-17-10-16(11-26-17)21-20(12-29(3)28-21)27-23(30)19-5-4-8-25-22(19)24/h4-9,12,16-17,26H,10-11,13H2,1-3H3,(H2,24,25)(H,27,30)/t16-,17-/m0/s1. The number of nitrogens with one attached hydrogen (secondary N) is 2. The van der Waals surface area contributed by atoms with Crippen LogP contribution in [0.4, 0.5) is 11.5 Å². The molecular weight excluding hydrogens is 392 g/mol. The molecule has 1 aromatic carbocycles. The molecule has 31 heavy (non-hydrogen) atoms. The highest BCUT2D eigenvalue weighted by Crippen LogP contribution is 2.31. The van der Waals surface area contributed by atoms with E-state index < -0.39 is 0 Å². The topological polar surface area (TPSA) is 107 Å². The number of aryl methyl sites for hydroxylation is 3. The van der Waals surface area contributed by atoms with Gasteiger partial charge in [0.2, 0.25) is 0 Å². The number of pyridine rings is 1. The van der Waals surface area contributed by atoms with Crippen molar-refractivity contribution in [2.45, 2.75) is 32.2 Å². The van der Waals surface area contributed by atoms with Gasteiger partial charge in [-0.25, -0.2) is 4.98 Å². The smallest absolute Gasteiger partial charge is 0.259 e. The summed E-state index contributed by atoms with van der Waals surface area (Å²) in [4.78, 5) is 16.7. The summed E-state index contributed by atoms with van der Waals surface area (Å²) in [5, 5.41) is 11.1. The summed E-state index contributed by atoms with van der Waals surface area (Å²) in [6, 6.07) is 9.71. The zero-order chi connectivity index (χ0) is 22.0. The number of anilines is 2. The fourth-order valence-electron chi connectivity index (χ4n) is 3.86. The molecule has 1 aliphatic rings. The van der Waals surface area contributed by atoms with Crippen molar-refractivity contribution < 1.29 is 9.53 Å². The highest BCUT2D eigenvalue weighted by atomic mass is 16.5. The number of aromatic nitrogens is 3. The number of amides is 1. The lowest BCUT2D eigenvalue weighted by Gasteiger charge is -2.14. The molecular formula is C23H28N6O2. The van der Waals surface area contributed by atoms with Crippen LogP contribution in [0, 0.1) is 13.8 Å². The molecule has 8 heteroatoms. The number of nitrogen functional groups attached to an aromatic ring is 1. The van der Waals surface area contributed by atoms with Gasteiger partial charge in [0.25, 0.3) is 5.91 Å². The second-order valence-electron chi connectivity index (χ2n) is 8.09. The first kappa shape index (κ1) is 20.9. The summed E-state index contributed by atoms with van der Waals surface area (Å²) < 4.78 is 7.72. The molecule has 2 aromatic heterocycles. The van der Waals surface area contributed by atoms with Crippen LogP contribution in [0.1, 0.15) is 39.5 Å². The third-order valence-corrected chi connectivity index (χ3v) is 5.73. The fraction of sp³-hybridized carbons (Fsp3) is 0.348. The number of hydrogen-bond acceptors (Lipinski definition) is 6. The SMILES string of the molecule is Cc1ccc(OC[C@@H]2C[C@H](c3nn(C)cc3NC(=O)c3cccnc3N)CN2)cc1C. The minimum atomic E-state index is -0.291. The van der Waals surface area contributed by atoms with Gasteiger partial charge in [0, 0.05) is 37.9 Å². The Morgan fingerprint density at radius 1 is 1.32 bits per heavy atom. The molecule has 1 saturated heterocycles. The Morgan fingerprint density at radius 3 is 2.94 bits per heavy atom. The maximum Gasteiger partial charge on any atom is 0.259 e. The summed E-state index contributed by atoms with van der Waals surface area (Å²) in [5.41, 5.74) is 10.2. The number of carbonyl (C=O) groups excluding carboxylic acids is 1. The van der Waals surface area contributed by atoms with Crippen molar-refractivity contribution in [3.8, 4) is 5.75 Å². The Kier molecular flexibility index (Phi) is 5.90. The molecule has 2 atom stereocenters. The van der Waals surface area contributed by atoms with Crippen LogP contribution in [0.3, 0.4) is 0 Å². The molecule has 0 radical (unpaired) electrons. The number of carbonyl (C=O) groups is 1. The van der Waals surface area contributed by atoms with E-state index in [1.165, 1.54) is 11.1 Å². The van der Waals surface area contributed by atoms with E-state index in [9.17, 15) is 4.79 Å². The maximum atomic E-state index is 12.7. The maximum absolute atomic E-state index is 12.7. The van der Waals surface area contributed by atoms with Crippen LogP contribution < -0.4 is 21.1 Å². The number of nitrogens with zero attached hydrogens (tertiary/aromatic N) is 3. The Hall–Kier alpha value is -3.39. The van der Waals surface area contributed by atoms with Gasteiger partial charge in [0.15, 0.2) is 0 Å². The minimum absolute atomic E-state index is 0.177. The zero-order valence-corrected chi connectivity index (χ0v) is 18.1. The van der Waals surface area contributed by atoms with Gasteiger partial charge >= 0.3 is 0 Å². The van der Waals surface area contributed by atoms with E-state index in [2.05, 4.69) is 46.7 Å². The van der Waals surface area contributed by atoms with E-state index in [0.717, 1.165) is 24.4 Å². The molecule has 0 saturated carbocycles. The van der Waals surface area contributed by atoms with Crippen molar-refractivity contribution in [2.75, 3.05) is 24.2 Å². The van der Waals surface area contributed by atoms with E-state index in [1.54, 1.807) is 23.0 Å². The van der Waals surface area contributed by atoms with Crippen molar-refractivity contribution >= 4 is 17.4 Å². The summed E-state index contributed by atoms with van der Waals surface area (Å²) in [5.74, 6) is 0.973. The molecule has 4 N–H and O–H groups in total. The predicted molar refractivity (Wildman–Crippen MR) is 120 cm³/mol. The van der Waals surface area contributed by atoms with Crippen LogP contribution in [0.5, 0.6) is 5.75 Å². The van der Waals surface area contributed by atoms with E-state index in [0.29, 0.717) is 17.9 Å². The molecule has 3 heterocycles. The fourth-order valence-corrected chi connectivity index (χ4v) is 3.86. The summed E-state index contributed by atoms with van der Waals surface area (Å²) in [6.45, 7) is 5.53. The molecule has 4 rings (SSSR count). The first-order chi connectivity index (χ1) is 14.9. The van der Waals surface area contributed by atoms with Crippen molar-refractivity contribution in [1.29, 1.82) is 0 Å². The molecule has 0 spiro atoms. The van der Waals surface area contributed by atoms with Crippen molar-refractivity contribution in [2.24, 2.45) is 7.05 Å². The summed E-state index contributed by atoms with van der Waals surface area (Å²) in [7, 11) is 1.85. The highest BCUT2D eigenvalue weighted by Gasteiger charge is 2.30. The predicted octanol–water partition coefficient (Wildman–Crippen LogP) is 2.79. The minimum Gasteiger partial charge on any atom is -0.492 e. The van der Waals surface area contributed by atoms with E-state index >= 15 is 0 Å². The second kappa shape index (κ2) is 8.77. The molecule has 0 bridgehead atoms. The zero-order valence-electron chi connectivity index (χ0n) is 18.1. The number of nitrogens with two attached hydrogens (primary N) is 1. The molecule has 1 aliphatic heterocycles. The first-order valence-electron chi connectivity index (χ1n) is 10.4. The molecule has 1 amide bonds. The third-order valence-electron chi connectivity index (χ3n) is 5.73. The summed E-state index contributed by atoms with van der Waals surface area (Å²) in [6.07, 6.45) is 4.25. The third kappa shape index (κ3) is 4.69. The molecule has 1 fully saturated rings. The van der Waals surface area contributed by atoms with Gasteiger partial charge in [-0.1, -0.05) is 6.07 Å². The van der Waals surface area contributed by atoms with Crippen LogP contribution in [-0.4, -0.2) is 39.9 Å². The Labute approximate surface area is 181 Å². The van der Waals surface area contributed by atoms with Crippen molar-refractivity contribution in [1.82, 2.24) is 20.1 Å². The van der Waals surface area contributed by atoms with Gasteiger partial charge in [-0.15, -0.1) is 0 Å². The lowest BCUT2D eigenvalue weighted by Crippen LogP contribution is -2.28. The number of hydrogen-bond donors (Lipinski definition) is 3. The Balaban J connectivity index is 1.40. The van der Waals surface area contributed by atoms with Gasteiger partial charge in [-0.3, -0.25) is 9.48 Å². The summed E-state index contributed by atoms with van der Waals surface area (Å²) >= 11 is 0. The molecule has 8 nitrogen and oxygen atoms in total. The van der Waals surface area contributed by atoms with Crippen LogP contribution in [0.25, 0.3) is 0 Å². The highest BCUT2D eigenvalue weighted by molar-refractivity contribution is 6.07. The van der Waals surface area contributed by atoms with Crippen molar-refractivity contribution in [3.05, 3.63) is 65.1 Å². The van der Waals surface area contributed by atoms with Crippen molar-refractivity contribution in [3.63, 3.8) is 0 Å². The van der Waals surface area contributed by atoms with Gasteiger partial charge in [0.1, 0.15) is 18.2 Å². The molecule has 3 aromatic rings. The molecule has 0 unspecified atom stereocenters. The second-order valence-corrected chi connectivity index (χ2v) is 8.09. The van der Waals surface area contributed by atoms with E-state index in [-0.39, 0.29) is 23.7 Å². The Bertz CT molecular complexity index is 1090. The lowest BCUT2D eigenvalue weighted by molar-refractivity contribution is 0.102. The largest absolute Gasteiger partial charge is 0.492 e. The van der Waals surface area contributed by atoms with Crippen LogP contribution in [0.2, 0.25) is 0 Å². The number of benzene rings is 1. The molecule has 0 aliphatic carbocycles. The number of ether oxygens (including phenoxy) is 1. The Morgan fingerprint density at radius 2 is 2.16 bits per heavy atom. The van der Waals surface area contributed by atoms with Crippen LogP contribution in [-0.2, 0) is 7.05 Å². The van der Waals surface area contributed by atoms with E-state index in [4.69, 9.17) is 10.5 Å². The van der Waals surface area contributed by atoms with E-state index in [1.807, 2.05) is 19.3 Å². The average Bonchev–Trinajstić information content (AvgIpc) is 3.35. The lowest BCUT2D eigenvalue weighted by atomic mass is 10.0. The van der Waals surface area contributed by atoms with Crippen LogP contribution >= 0.6 is 0 Å². The van der Waals surface area contributed by atoms with Gasteiger partial charge in [-0.2, -0.15) is 5.10 Å². The number of rotatable bonds is 6. The monoisotopic (exact) mass is 420 g/mol. The molecule has 162 valence electrons. The van der Waals surface area contributed by atoms with Crippen LogP contribution in [0.15, 0.2) is 42.7 Å². The van der Waals surface area contributed by atoms with Gasteiger partial charge < -0.3 is 21.1 Å². The van der Waals surface area contributed by atoms with Gasteiger partial charge in [-0.05, 0) is 55.7 Å². The van der Waals surface area contributed by atoms with Gasteiger partial charge in [0.05, 0.1) is 16.9 Å². The normalized spacial score (nSPS) is 18.2. The first-order valence-corrected chi connectivity index (χ1v) is 10.4. The average molecular weight is 421 g/mol.